The van der Waals surface area contributed by atoms with Gasteiger partial charge in [0, 0.05) is 30.1 Å². The number of nitrogens with zero attached hydrogens (tertiary/aromatic N) is 1. The van der Waals surface area contributed by atoms with Crippen LogP contribution < -0.4 is 4.74 Å². The highest BCUT2D eigenvalue weighted by Gasteiger charge is 2.18. The standard InChI is InChI=1S/C16H18ClNO3/c17-18(13-7-3-1-4-8-13)12-11-15(19)16(20)21-14-9-5-2-6-10-14/h2,5-6,9-13H,1,3-4,7-8H2/b12-11+. The molecular weight excluding hydrogens is 290 g/mol. The first-order valence-corrected chi connectivity index (χ1v) is 7.44. The van der Waals surface area contributed by atoms with E-state index in [0.29, 0.717) is 5.75 Å². The molecule has 1 fully saturated rings. The molecule has 0 N–H and O–H groups in total. The quantitative estimate of drug-likeness (QED) is 0.275. The van der Waals surface area contributed by atoms with Crippen LogP contribution in [0.5, 0.6) is 5.75 Å². The van der Waals surface area contributed by atoms with Crippen molar-refractivity contribution in [3.05, 3.63) is 42.6 Å². The number of carbonyl (C=O) groups excluding carboxylic acids is 2. The summed E-state index contributed by atoms with van der Waals surface area (Å²) in [5, 5.41) is 0. The topological polar surface area (TPSA) is 46.6 Å². The third-order valence-corrected chi connectivity index (χ3v) is 3.84. The third kappa shape index (κ3) is 4.90. The maximum absolute atomic E-state index is 11.7. The zero-order valence-corrected chi connectivity index (χ0v) is 12.5. The Morgan fingerprint density at radius 1 is 1.14 bits per heavy atom. The van der Waals surface area contributed by atoms with Gasteiger partial charge in [-0.3, -0.25) is 9.21 Å². The number of carbonyl (C=O) groups is 2. The Morgan fingerprint density at radius 2 is 1.81 bits per heavy atom. The van der Waals surface area contributed by atoms with Gasteiger partial charge in [-0.1, -0.05) is 37.5 Å². The van der Waals surface area contributed by atoms with Gasteiger partial charge in [0.05, 0.1) is 0 Å². The van der Waals surface area contributed by atoms with Crippen molar-refractivity contribution in [2.75, 3.05) is 0 Å². The molecule has 1 aromatic carbocycles. The van der Waals surface area contributed by atoms with E-state index in [1.807, 2.05) is 0 Å². The van der Waals surface area contributed by atoms with Gasteiger partial charge in [0.1, 0.15) is 5.75 Å². The summed E-state index contributed by atoms with van der Waals surface area (Å²) in [6.07, 6.45) is 8.15. The summed E-state index contributed by atoms with van der Waals surface area (Å²) < 4.78 is 6.45. The van der Waals surface area contributed by atoms with Crippen LogP contribution in [0.25, 0.3) is 0 Å². The minimum absolute atomic E-state index is 0.231. The predicted octanol–water partition coefficient (Wildman–Crippen LogP) is 3.46. The molecule has 5 heteroatoms. The van der Waals surface area contributed by atoms with E-state index in [1.54, 1.807) is 30.3 Å². The van der Waals surface area contributed by atoms with E-state index in [0.717, 1.165) is 31.8 Å². The molecule has 0 aliphatic heterocycles. The number of esters is 1. The summed E-state index contributed by atoms with van der Waals surface area (Å²) in [7, 11) is 0. The lowest BCUT2D eigenvalue weighted by Gasteiger charge is -2.27. The van der Waals surface area contributed by atoms with Crippen molar-refractivity contribution in [2.24, 2.45) is 0 Å². The van der Waals surface area contributed by atoms with Gasteiger partial charge in [0.2, 0.25) is 0 Å². The number of ether oxygens (including phenoxy) is 1. The van der Waals surface area contributed by atoms with E-state index in [-0.39, 0.29) is 6.04 Å². The fourth-order valence-electron chi connectivity index (χ4n) is 2.30. The Labute approximate surface area is 129 Å². The SMILES string of the molecule is O=C(/C=C/N(Cl)C1CCCCC1)C(=O)Oc1ccccc1. The summed E-state index contributed by atoms with van der Waals surface area (Å²) in [6, 6.07) is 8.72. The van der Waals surface area contributed by atoms with Crippen LogP contribution in [0.1, 0.15) is 32.1 Å². The van der Waals surface area contributed by atoms with E-state index < -0.39 is 11.8 Å². The van der Waals surface area contributed by atoms with E-state index in [1.165, 1.54) is 17.0 Å². The maximum atomic E-state index is 11.7. The molecule has 112 valence electrons. The average molecular weight is 308 g/mol. The van der Waals surface area contributed by atoms with Gasteiger partial charge >= 0.3 is 5.97 Å². The number of ketones is 1. The number of para-hydroxylation sites is 1. The molecule has 0 saturated heterocycles. The van der Waals surface area contributed by atoms with Crippen LogP contribution in [0.2, 0.25) is 0 Å². The molecule has 21 heavy (non-hydrogen) atoms. The highest BCUT2D eigenvalue weighted by Crippen LogP contribution is 2.24. The molecule has 0 atom stereocenters. The molecule has 2 rings (SSSR count). The van der Waals surface area contributed by atoms with Crippen LogP contribution in [0.15, 0.2) is 42.6 Å². The van der Waals surface area contributed by atoms with Crippen molar-refractivity contribution in [3.8, 4) is 5.75 Å². The first-order chi connectivity index (χ1) is 10.2. The van der Waals surface area contributed by atoms with Crippen molar-refractivity contribution < 1.29 is 14.3 Å². The third-order valence-electron chi connectivity index (χ3n) is 3.45. The van der Waals surface area contributed by atoms with E-state index in [2.05, 4.69) is 0 Å². The molecule has 0 spiro atoms. The molecule has 1 saturated carbocycles. The lowest BCUT2D eigenvalue weighted by atomic mass is 9.96. The number of benzene rings is 1. The molecule has 1 aliphatic rings. The number of hydrogen-bond acceptors (Lipinski definition) is 4. The lowest BCUT2D eigenvalue weighted by molar-refractivity contribution is -0.144. The van der Waals surface area contributed by atoms with Gasteiger partial charge in [0.15, 0.2) is 0 Å². The van der Waals surface area contributed by atoms with Crippen LogP contribution in [0.4, 0.5) is 0 Å². The van der Waals surface area contributed by atoms with Crippen molar-refractivity contribution in [2.45, 2.75) is 38.1 Å². The molecule has 0 unspecified atom stereocenters. The van der Waals surface area contributed by atoms with Crippen molar-refractivity contribution in [3.63, 3.8) is 0 Å². The summed E-state index contributed by atoms with van der Waals surface area (Å²) >= 11 is 6.11. The molecule has 1 aromatic rings. The summed E-state index contributed by atoms with van der Waals surface area (Å²) in [5.74, 6) is -1.29. The van der Waals surface area contributed by atoms with Crippen LogP contribution in [0.3, 0.4) is 0 Å². The molecule has 4 nitrogen and oxygen atoms in total. The van der Waals surface area contributed by atoms with E-state index >= 15 is 0 Å². The normalized spacial score (nSPS) is 15.9. The Hall–Kier alpha value is -1.81. The van der Waals surface area contributed by atoms with Crippen LogP contribution in [-0.4, -0.2) is 22.2 Å². The Morgan fingerprint density at radius 3 is 2.48 bits per heavy atom. The average Bonchev–Trinajstić information content (AvgIpc) is 2.54. The van der Waals surface area contributed by atoms with E-state index in [9.17, 15) is 9.59 Å². The molecule has 0 heterocycles. The smallest absolute Gasteiger partial charge is 0.384 e. The Bertz CT molecular complexity index is 510. The summed E-state index contributed by atoms with van der Waals surface area (Å²) in [4.78, 5) is 23.3. The summed E-state index contributed by atoms with van der Waals surface area (Å²) in [5.41, 5.74) is 0. The first kappa shape index (κ1) is 15.6. The first-order valence-electron chi connectivity index (χ1n) is 7.10. The minimum atomic E-state index is -0.911. The molecule has 1 aliphatic carbocycles. The fourth-order valence-corrected chi connectivity index (χ4v) is 2.55. The van der Waals surface area contributed by atoms with E-state index in [4.69, 9.17) is 16.5 Å². The Kier molecular flexibility index (Phi) is 5.81. The monoisotopic (exact) mass is 307 g/mol. The van der Waals surface area contributed by atoms with Gasteiger partial charge in [-0.2, -0.15) is 0 Å². The Balaban J connectivity index is 1.85. The highest BCUT2D eigenvalue weighted by atomic mass is 35.5. The predicted molar refractivity (Wildman–Crippen MR) is 80.8 cm³/mol. The van der Waals surface area contributed by atoms with Crippen molar-refractivity contribution >= 4 is 23.5 Å². The van der Waals surface area contributed by atoms with Crippen LogP contribution in [0, 0.1) is 0 Å². The second kappa shape index (κ2) is 7.84. The van der Waals surface area contributed by atoms with Gasteiger partial charge < -0.3 is 4.74 Å². The number of rotatable bonds is 5. The fraction of sp³-hybridized carbons (Fsp3) is 0.375. The van der Waals surface area contributed by atoms with Crippen molar-refractivity contribution in [1.29, 1.82) is 0 Å². The van der Waals surface area contributed by atoms with Crippen molar-refractivity contribution in [1.82, 2.24) is 4.42 Å². The van der Waals surface area contributed by atoms with Gasteiger partial charge in [-0.05, 0) is 25.0 Å². The summed E-state index contributed by atoms with van der Waals surface area (Å²) in [6.45, 7) is 0. The zero-order valence-electron chi connectivity index (χ0n) is 11.7. The zero-order chi connectivity index (χ0) is 15.1. The van der Waals surface area contributed by atoms with Gasteiger partial charge in [-0.15, -0.1) is 0 Å². The van der Waals surface area contributed by atoms with Crippen LogP contribution in [-0.2, 0) is 9.59 Å². The van der Waals surface area contributed by atoms with Crippen LogP contribution >= 0.6 is 11.8 Å². The molecule has 0 radical (unpaired) electrons. The lowest BCUT2D eigenvalue weighted by Crippen LogP contribution is -2.26. The molecular formula is C16H18ClNO3. The second-order valence-corrected chi connectivity index (χ2v) is 5.41. The molecule has 0 aromatic heterocycles. The second-order valence-electron chi connectivity index (χ2n) is 5.02. The number of hydrogen-bond donors (Lipinski definition) is 0. The van der Waals surface area contributed by atoms with Gasteiger partial charge in [0.25, 0.3) is 5.78 Å². The largest absolute Gasteiger partial charge is 0.421 e. The van der Waals surface area contributed by atoms with Gasteiger partial charge in [-0.25, -0.2) is 4.79 Å². The molecule has 0 bridgehead atoms. The molecule has 0 amide bonds. The maximum Gasteiger partial charge on any atom is 0.384 e. The number of halogens is 1. The minimum Gasteiger partial charge on any atom is -0.421 e. The highest BCUT2D eigenvalue weighted by molar-refractivity contribution is 6.38.